The minimum atomic E-state index is -1.13. The number of rotatable bonds is 3. The minimum absolute atomic E-state index is 0.264. The largest absolute Gasteiger partial charge is 0.481 e. The highest BCUT2D eigenvalue weighted by molar-refractivity contribution is 7.17. The third-order valence-corrected chi connectivity index (χ3v) is 3.94. The number of carboxylic acids is 1. The van der Waals surface area contributed by atoms with Crippen molar-refractivity contribution in [2.24, 2.45) is 0 Å². The molecule has 108 valence electrons. The molecule has 1 aliphatic rings. The first-order valence-electron chi connectivity index (χ1n) is 5.93. The molecule has 0 saturated carbocycles. The molecule has 1 saturated heterocycles. The Bertz CT molecular complexity index is 571. The second-order valence-corrected chi connectivity index (χ2v) is 5.40. The number of amides is 2. The molecule has 1 aromatic rings. The van der Waals surface area contributed by atoms with E-state index < -0.39 is 30.2 Å². The number of hydrogen-bond donors (Lipinski definition) is 3. The van der Waals surface area contributed by atoms with Crippen molar-refractivity contribution in [1.82, 2.24) is 15.2 Å². The summed E-state index contributed by atoms with van der Waals surface area (Å²) in [4.78, 5) is 40.6. The summed E-state index contributed by atoms with van der Waals surface area (Å²) in [7, 11) is 0. The van der Waals surface area contributed by atoms with Crippen LogP contribution in [0.4, 0.5) is 5.13 Å². The molecule has 0 aromatic carbocycles. The molecular formula is C11H14N4O4S. The molecule has 0 radical (unpaired) electrons. The second-order valence-electron chi connectivity index (χ2n) is 4.37. The van der Waals surface area contributed by atoms with Crippen LogP contribution in [0.15, 0.2) is 0 Å². The summed E-state index contributed by atoms with van der Waals surface area (Å²) in [6.07, 6.45) is -0.426. The predicted molar refractivity (Wildman–Crippen MR) is 71.4 cm³/mol. The average Bonchev–Trinajstić information content (AvgIpc) is 2.70. The van der Waals surface area contributed by atoms with Crippen molar-refractivity contribution in [2.75, 3.05) is 18.8 Å². The van der Waals surface area contributed by atoms with Crippen LogP contribution < -0.4 is 11.1 Å². The number of nitrogens with one attached hydrogen (secondary N) is 1. The molecule has 8 nitrogen and oxygen atoms in total. The van der Waals surface area contributed by atoms with Crippen LogP contribution in [0.2, 0.25) is 0 Å². The summed E-state index contributed by atoms with van der Waals surface area (Å²) in [5.41, 5.74) is 6.04. The molecular weight excluding hydrogens is 284 g/mol. The third kappa shape index (κ3) is 2.72. The molecule has 1 aliphatic heterocycles. The SMILES string of the molecule is Cc1nc(N)sc1C(=O)N1CCNC(=O)C1CC(=O)O. The molecule has 4 N–H and O–H groups in total. The van der Waals surface area contributed by atoms with Crippen LogP contribution >= 0.6 is 11.3 Å². The number of aryl methyl sites for hydroxylation is 1. The van der Waals surface area contributed by atoms with Gasteiger partial charge in [0.1, 0.15) is 10.9 Å². The van der Waals surface area contributed by atoms with Crippen LogP contribution in [0.3, 0.4) is 0 Å². The summed E-state index contributed by atoms with van der Waals surface area (Å²) in [6, 6.07) is -1.00. The highest BCUT2D eigenvalue weighted by Crippen LogP contribution is 2.23. The van der Waals surface area contributed by atoms with E-state index in [1.807, 2.05) is 0 Å². The third-order valence-electron chi connectivity index (χ3n) is 2.97. The molecule has 0 spiro atoms. The molecule has 2 amide bonds. The zero-order valence-electron chi connectivity index (χ0n) is 10.8. The van der Waals surface area contributed by atoms with Gasteiger partial charge in [-0.1, -0.05) is 11.3 Å². The first-order chi connectivity index (χ1) is 9.40. The van der Waals surface area contributed by atoms with Gasteiger partial charge in [-0.2, -0.15) is 0 Å². The van der Waals surface area contributed by atoms with Crippen molar-refractivity contribution in [3.63, 3.8) is 0 Å². The van der Waals surface area contributed by atoms with E-state index in [1.165, 1.54) is 4.90 Å². The molecule has 1 aromatic heterocycles. The Labute approximate surface area is 118 Å². The van der Waals surface area contributed by atoms with Crippen LogP contribution in [0.1, 0.15) is 21.8 Å². The fourth-order valence-corrected chi connectivity index (χ4v) is 2.86. The quantitative estimate of drug-likeness (QED) is 0.687. The Hall–Kier alpha value is -2.16. The van der Waals surface area contributed by atoms with Crippen LogP contribution in [0.5, 0.6) is 0 Å². The topological polar surface area (TPSA) is 126 Å². The van der Waals surface area contributed by atoms with Gasteiger partial charge in [-0.05, 0) is 6.92 Å². The lowest BCUT2D eigenvalue weighted by Gasteiger charge is -2.34. The van der Waals surface area contributed by atoms with Crippen molar-refractivity contribution >= 4 is 34.3 Å². The molecule has 1 fully saturated rings. The average molecular weight is 298 g/mol. The Morgan fingerprint density at radius 2 is 2.30 bits per heavy atom. The number of carbonyl (C=O) groups is 3. The van der Waals surface area contributed by atoms with Gasteiger partial charge in [0.2, 0.25) is 5.91 Å². The van der Waals surface area contributed by atoms with Crippen molar-refractivity contribution in [1.29, 1.82) is 0 Å². The maximum Gasteiger partial charge on any atom is 0.305 e. The van der Waals surface area contributed by atoms with Gasteiger partial charge in [0.05, 0.1) is 12.1 Å². The van der Waals surface area contributed by atoms with E-state index in [0.29, 0.717) is 17.1 Å². The van der Waals surface area contributed by atoms with Crippen molar-refractivity contribution in [3.8, 4) is 0 Å². The number of aromatic nitrogens is 1. The van der Waals surface area contributed by atoms with E-state index in [9.17, 15) is 14.4 Å². The number of carbonyl (C=O) groups excluding carboxylic acids is 2. The maximum atomic E-state index is 12.4. The van der Waals surface area contributed by atoms with E-state index >= 15 is 0 Å². The Morgan fingerprint density at radius 1 is 1.60 bits per heavy atom. The van der Waals surface area contributed by atoms with E-state index in [0.717, 1.165) is 11.3 Å². The van der Waals surface area contributed by atoms with Gasteiger partial charge < -0.3 is 21.1 Å². The van der Waals surface area contributed by atoms with Gasteiger partial charge in [-0.15, -0.1) is 0 Å². The van der Waals surface area contributed by atoms with Gasteiger partial charge in [0.25, 0.3) is 5.91 Å². The monoisotopic (exact) mass is 298 g/mol. The highest BCUT2D eigenvalue weighted by Gasteiger charge is 2.36. The number of nitrogens with two attached hydrogens (primary N) is 1. The molecule has 20 heavy (non-hydrogen) atoms. The number of hydrogen-bond acceptors (Lipinski definition) is 6. The minimum Gasteiger partial charge on any atom is -0.481 e. The molecule has 1 atom stereocenters. The zero-order valence-corrected chi connectivity index (χ0v) is 11.6. The normalized spacial score (nSPS) is 18.8. The molecule has 9 heteroatoms. The number of carboxylic acid groups (broad SMARTS) is 1. The lowest BCUT2D eigenvalue weighted by Crippen LogP contribution is -2.57. The van der Waals surface area contributed by atoms with Crippen LogP contribution in [0.25, 0.3) is 0 Å². The Kier molecular flexibility index (Phi) is 3.89. The number of piperazine rings is 1. The van der Waals surface area contributed by atoms with Crippen molar-refractivity contribution in [3.05, 3.63) is 10.6 Å². The standard InChI is InChI=1S/C11H14N4O4S/c1-5-8(20-11(12)14-5)10(19)15-3-2-13-9(18)6(15)4-7(16)17/h6H,2-4H2,1H3,(H2,12,14)(H,13,18)(H,16,17). The fourth-order valence-electron chi connectivity index (χ4n) is 2.07. The van der Waals surface area contributed by atoms with Crippen molar-refractivity contribution < 1.29 is 19.5 Å². The summed E-state index contributed by atoms with van der Waals surface area (Å²) < 4.78 is 0. The number of nitrogens with zero attached hydrogens (tertiary/aromatic N) is 2. The lowest BCUT2D eigenvalue weighted by atomic mass is 10.1. The van der Waals surface area contributed by atoms with Gasteiger partial charge in [0, 0.05) is 13.1 Å². The van der Waals surface area contributed by atoms with Crippen molar-refractivity contribution in [2.45, 2.75) is 19.4 Å². The van der Waals surface area contributed by atoms with E-state index in [-0.39, 0.29) is 11.7 Å². The van der Waals surface area contributed by atoms with Crippen LogP contribution in [0, 0.1) is 6.92 Å². The maximum absolute atomic E-state index is 12.4. The van der Waals surface area contributed by atoms with Gasteiger partial charge >= 0.3 is 5.97 Å². The molecule has 0 aliphatic carbocycles. The number of nitrogen functional groups attached to an aromatic ring is 1. The predicted octanol–water partition coefficient (Wildman–Crippen LogP) is -0.551. The van der Waals surface area contributed by atoms with Crippen LogP contribution in [-0.2, 0) is 9.59 Å². The zero-order chi connectivity index (χ0) is 14.9. The highest BCUT2D eigenvalue weighted by atomic mass is 32.1. The first-order valence-corrected chi connectivity index (χ1v) is 6.75. The number of thiazole rings is 1. The van der Waals surface area contributed by atoms with Gasteiger partial charge in [0.15, 0.2) is 5.13 Å². The van der Waals surface area contributed by atoms with E-state index in [1.54, 1.807) is 6.92 Å². The lowest BCUT2D eigenvalue weighted by molar-refractivity contribution is -0.142. The van der Waals surface area contributed by atoms with Crippen LogP contribution in [-0.4, -0.2) is 51.9 Å². The molecule has 2 rings (SSSR count). The number of aliphatic carboxylic acids is 1. The first kappa shape index (κ1) is 14.3. The second kappa shape index (κ2) is 5.45. The molecule has 0 bridgehead atoms. The molecule has 1 unspecified atom stereocenters. The summed E-state index contributed by atoms with van der Waals surface area (Å²) in [5, 5.41) is 11.7. The van der Waals surface area contributed by atoms with Gasteiger partial charge in [-0.3, -0.25) is 14.4 Å². The summed E-state index contributed by atoms with van der Waals surface area (Å²) >= 11 is 1.03. The Morgan fingerprint density at radius 3 is 2.85 bits per heavy atom. The van der Waals surface area contributed by atoms with E-state index in [2.05, 4.69) is 10.3 Å². The summed E-state index contributed by atoms with van der Waals surface area (Å²) in [5.74, 6) is -2.00. The van der Waals surface area contributed by atoms with E-state index in [4.69, 9.17) is 10.8 Å². The molecule has 2 heterocycles. The van der Waals surface area contributed by atoms with Gasteiger partial charge in [-0.25, -0.2) is 4.98 Å². The Balaban J connectivity index is 2.28. The number of anilines is 1. The fraction of sp³-hybridized carbons (Fsp3) is 0.455. The summed E-state index contributed by atoms with van der Waals surface area (Å²) in [6.45, 7) is 2.21. The smallest absolute Gasteiger partial charge is 0.305 e.